The van der Waals surface area contributed by atoms with Crippen LogP contribution in [0.2, 0.25) is 0 Å². The average molecular weight is 465 g/mol. The van der Waals surface area contributed by atoms with Crippen molar-refractivity contribution in [1.29, 1.82) is 0 Å². The van der Waals surface area contributed by atoms with Gasteiger partial charge in [-0.2, -0.15) is 0 Å². The first kappa shape index (κ1) is 25.7. The Morgan fingerprint density at radius 3 is 2.71 bits per heavy atom. The molecule has 0 spiro atoms. The minimum Gasteiger partial charge on any atom is -0.379 e. The van der Waals surface area contributed by atoms with Crippen LogP contribution in [-0.2, 0) is 11.2 Å². The number of nitrogens with zero attached hydrogens (tertiary/aromatic N) is 2. The highest BCUT2D eigenvalue weighted by atomic mass is 19.2. The van der Waals surface area contributed by atoms with Gasteiger partial charge < -0.3 is 4.74 Å². The fourth-order valence-corrected chi connectivity index (χ4v) is 3.85. The highest BCUT2D eigenvalue weighted by Crippen LogP contribution is 2.28. The summed E-state index contributed by atoms with van der Waals surface area (Å²) in [5.74, 6) is -1.69. The fraction of sp³-hybridized carbons (Fsp3) is 0.379. The number of hydrogen-bond acceptors (Lipinski definition) is 3. The molecule has 1 unspecified atom stereocenters. The highest BCUT2D eigenvalue weighted by Gasteiger charge is 2.14. The minimum atomic E-state index is -0.855. The van der Waals surface area contributed by atoms with Crippen LogP contribution in [0.1, 0.15) is 63.6 Å². The lowest BCUT2D eigenvalue weighted by Gasteiger charge is -2.11. The Labute approximate surface area is 201 Å². The number of ether oxygens (including phenoxy) is 1. The summed E-state index contributed by atoms with van der Waals surface area (Å²) in [6, 6.07) is 8.47. The van der Waals surface area contributed by atoms with E-state index in [2.05, 4.69) is 36.5 Å². The van der Waals surface area contributed by atoms with Crippen LogP contribution in [0.5, 0.6) is 0 Å². The predicted molar refractivity (Wildman–Crippen MR) is 137 cm³/mol. The molecule has 180 valence electrons. The number of benzene rings is 2. The van der Waals surface area contributed by atoms with E-state index in [-0.39, 0.29) is 18.1 Å². The fourth-order valence-electron chi connectivity index (χ4n) is 3.85. The van der Waals surface area contributed by atoms with E-state index in [9.17, 15) is 8.78 Å². The van der Waals surface area contributed by atoms with Crippen LogP contribution in [-0.4, -0.2) is 22.7 Å². The van der Waals surface area contributed by atoms with Crippen LogP contribution >= 0.6 is 0 Å². The largest absolute Gasteiger partial charge is 0.379 e. The van der Waals surface area contributed by atoms with Crippen molar-refractivity contribution >= 4 is 17.1 Å². The first-order valence-corrected chi connectivity index (χ1v) is 12.2. The van der Waals surface area contributed by atoms with Crippen LogP contribution in [0.25, 0.3) is 28.2 Å². The van der Waals surface area contributed by atoms with Crippen LogP contribution in [0.4, 0.5) is 8.78 Å². The molecule has 0 bridgehead atoms. The predicted octanol–water partition coefficient (Wildman–Crippen LogP) is 8.08. The summed E-state index contributed by atoms with van der Waals surface area (Å²) in [6.45, 7) is 8.76. The Bertz CT molecular complexity index is 1130. The molecule has 3 rings (SSSR count). The number of halogens is 2. The highest BCUT2D eigenvalue weighted by molar-refractivity contribution is 5.82. The van der Waals surface area contributed by atoms with E-state index in [0.29, 0.717) is 22.2 Å². The van der Waals surface area contributed by atoms with Gasteiger partial charge in [-0.1, -0.05) is 50.1 Å². The maximum absolute atomic E-state index is 14.6. The lowest BCUT2D eigenvalue weighted by molar-refractivity contribution is 0.0566. The average Bonchev–Trinajstić information content (AvgIpc) is 2.84. The minimum absolute atomic E-state index is 0.210. The van der Waals surface area contributed by atoms with Gasteiger partial charge in [0, 0.05) is 12.2 Å². The smallest absolute Gasteiger partial charge is 0.166 e. The molecule has 1 heterocycles. The lowest BCUT2D eigenvalue weighted by Crippen LogP contribution is -2.08. The second-order valence-electron chi connectivity index (χ2n) is 8.61. The standard InChI is InChI=1S/C29H34F2N2O/c1-4-6-10-18-34-21(3)12-8-7-9-13-24-20-32-27-19-23(15-17-26(27)33-24)25-16-14-22(11-5-2)28(30)29(25)31/h5,9,13-17,19-21H,2,4,6-8,10-12,18H2,1,3H3. The molecule has 0 aliphatic heterocycles. The van der Waals surface area contributed by atoms with Gasteiger partial charge in [-0.05, 0) is 68.4 Å². The maximum Gasteiger partial charge on any atom is 0.166 e. The molecule has 3 nitrogen and oxygen atoms in total. The molecule has 5 heteroatoms. The summed E-state index contributed by atoms with van der Waals surface area (Å²) in [7, 11) is 0. The van der Waals surface area contributed by atoms with Gasteiger partial charge in [0.05, 0.1) is 29.0 Å². The summed E-state index contributed by atoms with van der Waals surface area (Å²) in [6.07, 6.45) is 14.5. The zero-order valence-corrected chi connectivity index (χ0v) is 20.2. The second-order valence-corrected chi connectivity index (χ2v) is 8.61. The van der Waals surface area contributed by atoms with E-state index in [1.165, 1.54) is 12.8 Å². The molecule has 2 aromatic carbocycles. The van der Waals surface area contributed by atoms with Crippen LogP contribution in [0, 0.1) is 11.6 Å². The van der Waals surface area contributed by atoms with Gasteiger partial charge in [-0.25, -0.2) is 13.8 Å². The summed E-state index contributed by atoms with van der Waals surface area (Å²) in [5, 5.41) is 0. The van der Waals surface area contributed by atoms with Crippen molar-refractivity contribution in [1.82, 2.24) is 9.97 Å². The van der Waals surface area contributed by atoms with Crippen molar-refractivity contribution in [3.05, 3.63) is 78.2 Å². The molecular weight excluding hydrogens is 430 g/mol. The molecule has 0 saturated carbocycles. The number of hydrogen-bond donors (Lipinski definition) is 0. The molecule has 0 aliphatic rings. The Balaban J connectivity index is 1.59. The molecule has 34 heavy (non-hydrogen) atoms. The van der Waals surface area contributed by atoms with Crippen LogP contribution in [0.3, 0.4) is 0 Å². The molecular formula is C29H34F2N2O. The van der Waals surface area contributed by atoms with Crippen LogP contribution < -0.4 is 0 Å². The Hall–Kier alpha value is -2.92. The normalized spacial score (nSPS) is 12.5. The summed E-state index contributed by atoms with van der Waals surface area (Å²) < 4.78 is 34.8. The van der Waals surface area contributed by atoms with Crippen molar-refractivity contribution in [2.45, 2.75) is 64.9 Å². The van der Waals surface area contributed by atoms with Crippen molar-refractivity contribution < 1.29 is 13.5 Å². The number of unbranched alkanes of at least 4 members (excludes halogenated alkanes) is 3. The van der Waals surface area contributed by atoms with E-state index in [1.807, 2.05) is 6.08 Å². The molecule has 3 aromatic rings. The number of fused-ring (bicyclic) bond motifs is 1. The van der Waals surface area contributed by atoms with Crippen molar-refractivity contribution in [2.75, 3.05) is 6.61 Å². The van der Waals surface area contributed by atoms with Crippen molar-refractivity contribution in [3.63, 3.8) is 0 Å². The number of allylic oxidation sites excluding steroid dienone is 2. The Morgan fingerprint density at radius 2 is 1.91 bits per heavy atom. The zero-order valence-electron chi connectivity index (χ0n) is 20.2. The van der Waals surface area contributed by atoms with E-state index >= 15 is 0 Å². The maximum atomic E-state index is 14.6. The summed E-state index contributed by atoms with van der Waals surface area (Å²) in [4.78, 5) is 9.11. The van der Waals surface area contributed by atoms with Crippen LogP contribution in [0.15, 0.2) is 55.3 Å². The first-order valence-electron chi connectivity index (χ1n) is 12.2. The summed E-state index contributed by atoms with van der Waals surface area (Å²) in [5.41, 5.74) is 3.19. The third kappa shape index (κ3) is 7.04. The number of rotatable bonds is 13. The topological polar surface area (TPSA) is 35.0 Å². The Morgan fingerprint density at radius 1 is 1.06 bits per heavy atom. The van der Waals surface area contributed by atoms with Gasteiger partial charge in [-0.3, -0.25) is 4.98 Å². The lowest BCUT2D eigenvalue weighted by atomic mass is 10.0. The third-order valence-electron chi connectivity index (χ3n) is 5.82. The van der Waals surface area contributed by atoms with Gasteiger partial charge in [0.25, 0.3) is 0 Å². The van der Waals surface area contributed by atoms with Crippen molar-refractivity contribution in [2.24, 2.45) is 0 Å². The molecule has 0 aliphatic carbocycles. The second kappa shape index (κ2) is 13.1. The molecule has 0 amide bonds. The van der Waals surface area contributed by atoms with Gasteiger partial charge in [0.2, 0.25) is 0 Å². The first-order chi connectivity index (χ1) is 16.5. The van der Waals surface area contributed by atoms with Gasteiger partial charge in [0.15, 0.2) is 11.6 Å². The number of aromatic nitrogens is 2. The quantitative estimate of drug-likeness (QED) is 0.189. The molecule has 1 aromatic heterocycles. The van der Waals surface area contributed by atoms with Gasteiger partial charge in [-0.15, -0.1) is 6.58 Å². The van der Waals surface area contributed by atoms with E-state index in [0.717, 1.165) is 38.0 Å². The van der Waals surface area contributed by atoms with Crippen molar-refractivity contribution in [3.8, 4) is 11.1 Å². The SMILES string of the molecule is C=CCc1ccc(-c2ccc3nc(C=CCCCC(C)OCCCCC)cnc3c2)c(F)c1F. The molecule has 0 fully saturated rings. The molecule has 0 N–H and O–H groups in total. The monoisotopic (exact) mass is 464 g/mol. The molecule has 1 atom stereocenters. The van der Waals surface area contributed by atoms with E-state index < -0.39 is 11.6 Å². The van der Waals surface area contributed by atoms with Gasteiger partial charge in [0.1, 0.15) is 0 Å². The third-order valence-corrected chi connectivity index (χ3v) is 5.82. The van der Waals surface area contributed by atoms with E-state index in [4.69, 9.17) is 4.74 Å². The van der Waals surface area contributed by atoms with E-state index in [1.54, 1.807) is 42.6 Å². The molecule has 0 radical (unpaired) electrons. The Kier molecular flexibility index (Phi) is 9.89. The van der Waals surface area contributed by atoms with Gasteiger partial charge >= 0.3 is 0 Å². The molecule has 0 saturated heterocycles. The zero-order chi connectivity index (χ0) is 24.3. The summed E-state index contributed by atoms with van der Waals surface area (Å²) >= 11 is 0.